The minimum atomic E-state index is -0.541. The molecule has 2 fully saturated rings. The lowest BCUT2D eigenvalue weighted by Gasteiger charge is -2.28. The maximum atomic E-state index is 13.6. The number of likely N-dealkylation sites (tertiary alicyclic amines) is 1. The van der Waals surface area contributed by atoms with Crippen LogP contribution in [0.5, 0.6) is 11.5 Å². The van der Waals surface area contributed by atoms with Gasteiger partial charge in [-0.05, 0) is 99.5 Å². The Labute approximate surface area is 230 Å². The zero-order valence-corrected chi connectivity index (χ0v) is 23.5. The van der Waals surface area contributed by atoms with Crippen LogP contribution in [0.1, 0.15) is 67.9 Å². The number of carbonyl (C=O) groups excluding carboxylic acids is 2. The summed E-state index contributed by atoms with van der Waals surface area (Å²) in [7, 11) is 1.67. The fourth-order valence-corrected chi connectivity index (χ4v) is 5.37. The highest BCUT2D eigenvalue weighted by Crippen LogP contribution is 2.49. The summed E-state index contributed by atoms with van der Waals surface area (Å²) in [4.78, 5) is 28.0. The minimum Gasteiger partial charge on any atom is -0.497 e. The van der Waals surface area contributed by atoms with Crippen LogP contribution in [0, 0.1) is 6.92 Å². The molecule has 1 saturated carbocycles. The van der Waals surface area contributed by atoms with E-state index in [1.165, 1.54) is 0 Å². The monoisotopic (exact) mass is 530 g/mol. The standard InChI is InChI=1S/C32H38N2O5/c1-21-12-13-24(38-20-23-10-8-16-34(23)30(36)39-31(2,3)4)18-27(21)29(35)33-32(14-15-32)28-19-25(37-5)17-22-9-6-7-11-26(22)28/h6-7,9,11-13,17-19,23H,8,10,14-16,20H2,1-5H3,(H,33,35). The first kappa shape index (κ1) is 26.9. The molecule has 7 heteroatoms. The van der Waals surface area contributed by atoms with E-state index in [-0.39, 0.29) is 18.0 Å². The molecule has 2 amide bonds. The lowest BCUT2D eigenvalue weighted by molar-refractivity contribution is 0.0187. The number of amides is 2. The third kappa shape index (κ3) is 5.82. The number of hydrogen-bond acceptors (Lipinski definition) is 5. The van der Waals surface area contributed by atoms with Crippen LogP contribution in [0.4, 0.5) is 4.79 Å². The van der Waals surface area contributed by atoms with Crippen molar-refractivity contribution < 1.29 is 23.8 Å². The number of rotatable bonds is 7. The Balaban J connectivity index is 1.31. The van der Waals surface area contributed by atoms with Crippen LogP contribution in [0.25, 0.3) is 10.8 Å². The maximum Gasteiger partial charge on any atom is 0.410 e. The van der Waals surface area contributed by atoms with Crippen LogP contribution in [-0.4, -0.2) is 48.8 Å². The number of benzene rings is 3. The fraction of sp³-hybridized carbons (Fsp3) is 0.438. The van der Waals surface area contributed by atoms with Crippen LogP contribution >= 0.6 is 0 Å². The lowest BCUT2D eigenvalue weighted by atomic mass is 9.95. The van der Waals surface area contributed by atoms with Gasteiger partial charge < -0.3 is 24.4 Å². The van der Waals surface area contributed by atoms with Crippen LogP contribution in [0.3, 0.4) is 0 Å². The van der Waals surface area contributed by atoms with Gasteiger partial charge in [0.05, 0.1) is 18.7 Å². The molecular formula is C32H38N2O5. The first-order chi connectivity index (χ1) is 18.6. The molecule has 206 valence electrons. The van der Waals surface area contributed by atoms with Gasteiger partial charge in [-0.15, -0.1) is 0 Å². The number of aryl methyl sites for hydroxylation is 1. The number of hydrogen-bond donors (Lipinski definition) is 1. The zero-order chi connectivity index (χ0) is 27.8. The first-order valence-electron chi connectivity index (χ1n) is 13.7. The second-order valence-electron chi connectivity index (χ2n) is 11.7. The van der Waals surface area contributed by atoms with Gasteiger partial charge in [0.1, 0.15) is 23.7 Å². The highest BCUT2D eigenvalue weighted by Gasteiger charge is 2.47. The molecule has 1 unspecified atom stereocenters. The van der Waals surface area contributed by atoms with Crippen molar-refractivity contribution in [2.75, 3.05) is 20.3 Å². The summed E-state index contributed by atoms with van der Waals surface area (Å²) in [6.07, 6.45) is 3.20. The average molecular weight is 531 g/mol. The quantitative estimate of drug-likeness (QED) is 0.385. The van der Waals surface area contributed by atoms with E-state index in [2.05, 4.69) is 17.4 Å². The Morgan fingerprint density at radius 1 is 1.05 bits per heavy atom. The second kappa shape index (κ2) is 10.4. The molecule has 1 atom stereocenters. The number of nitrogens with one attached hydrogen (secondary N) is 1. The van der Waals surface area contributed by atoms with Crippen LogP contribution in [0.15, 0.2) is 54.6 Å². The van der Waals surface area contributed by atoms with Crippen molar-refractivity contribution in [2.45, 2.75) is 70.6 Å². The number of methoxy groups -OCH3 is 1. The van der Waals surface area contributed by atoms with Gasteiger partial charge in [-0.3, -0.25) is 4.79 Å². The Kier molecular flexibility index (Phi) is 7.19. The van der Waals surface area contributed by atoms with Crippen molar-refractivity contribution in [1.29, 1.82) is 0 Å². The van der Waals surface area contributed by atoms with Gasteiger partial charge in [-0.1, -0.05) is 30.3 Å². The fourth-order valence-electron chi connectivity index (χ4n) is 5.37. The zero-order valence-electron chi connectivity index (χ0n) is 23.5. The van der Waals surface area contributed by atoms with Gasteiger partial charge in [-0.25, -0.2) is 4.79 Å². The van der Waals surface area contributed by atoms with Crippen LogP contribution in [-0.2, 0) is 10.3 Å². The molecule has 0 radical (unpaired) electrons. The third-order valence-corrected chi connectivity index (χ3v) is 7.59. The molecule has 1 aliphatic heterocycles. The van der Waals surface area contributed by atoms with Crippen LogP contribution in [0.2, 0.25) is 0 Å². The van der Waals surface area contributed by atoms with Crippen molar-refractivity contribution >= 4 is 22.8 Å². The van der Waals surface area contributed by atoms with E-state index < -0.39 is 11.1 Å². The molecular weight excluding hydrogens is 492 g/mol. The smallest absolute Gasteiger partial charge is 0.410 e. The summed E-state index contributed by atoms with van der Waals surface area (Å²) in [5.74, 6) is 1.26. The van der Waals surface area contributed by atoms with Gasteiger partial charge in [0.25, 0.3) is 5.91 Å². The second-order valence-corrected chi connectivity index (χ2v) is 11.7. The first-order valence-corrected chi connectivity index (χ1v) is 13.7. The molecule has 3 aromatic carbocycles. The van der Waals surface area contributed by atoms with E-state index in [1.807, 2.05) is 64.1 Å². The number of fused-ring (bicyclic) bond motifs is 1. The molecule has 1 heterocycles. The molecule has 5 rings (SSSR count). The highest BCUT2D eigenvalue weighted by molar-refractivity contribution is 5.98. The maximum absolute atomic E-state index is 13.6. The van der Waals surface area contributed by atoms with E-state index >= 15 is 0 Å². The summed E-state index contributed by atoms with van der Waals surface area (Å²) in [5.41, 5.74) is 1.58. The highest BCUT2D eigenvalue weighted by atomic mass is 16.6. The van der Waals surface area contributed by atoms with Gasteiger partial charge in [0.15, 0.2) is 0 Å². The Hall–Kier alpha value is -3.74. The van der Waals surface area contributed by atoms with E-state index in [0.29, 0.717) is 24.5 Å². The number of nitrogens with zero attached hydrogens (tertiary/aromatic N) is 1. The Bertz CT molecular complexity index is 1390. The van der Waals surface area contributed by atoms with Crippen LogP contribution < -0.4 is 14.8 Å². The molecule has 0 spiro atoms. The largest absolute Gasteiger partial charge is 0.497 e. The van der Waals surface area contributed by atoms with E-state index in [1.54, 1.807) is 18.1 Å². The van der Waals surface area contributed by atoms with Crippen molar-refractivity contribution in [3.8, 4) is 11.5 Å². The van der Waals surface area contributed by atoms with Gasteiger partial charge in [0, 0.05) is 12.1 Å². The SMILES string of the molecule is COc1cc(C2(NC(=O)c3cc(OCC4CCCN4C(=O)OC(C)(C)C)ccc3C)CC2)c2ccccc2c1. The molecule has 0 bridgehead atoms. The molecule has 0 aromatic heterocycles. The summed E-state index contributed by atoms with van der Waals surface area (Å²) >= 11 is 0. The average Bonchev–Trinajstić information content (AvgIpc) is 3.51. The van der Waals surface area contributed by atoms with Crippen molar-refractivity contribution in [3.63, 3.8) is 0 Å². The Morgan fingerprint density at radius 3 is 2.54 bits per heavy atom. The summed E-state index contributed by atoms with van der Waals surface area (Å²) < 4.78 is 17.3. The topological polar surface area (TPSA) is 77.1 Å². The molecule has 1 saturated heterocycles. The molecule has 39 heavy (non-hydrogen) atoms. The number of ether oxygens (including phenoxy) is 3. The summed E-state index contributed by atoms with van der Waals surface area (Å²) in [5, 5.41) is 5.54. The predicted molar refractivity (Wildman–Crippen MR) is 152 cm³/mol. The number of carbonyl (C=O) groups is 2. The summed E-state index contributed by atoms with van der Waals surface area (Å²) in [6, 6.07) is 17.8. The third-order valence-electron chi connectivity index (χ3n) is 7.59. The Morgan fingerprint density at radius 2 is 1.82 bits per heavy atom. The minimum absolute atomic E-state index is 0.0606. The van der Waals surface area contributed by atoms with E-state index in [4.69, 9.17) is 14.2 Å². The van der Waals surface area contributed by atoms with Gasteiger partial charge >= 0.3 is 6.09 Å². The van der Waals surface area contributed by atoms with Crippen molar-refractivity contribution in [3.05, 3.63) is 71.3 Å². The van der Waals surface area contributed by atoms with Crippen molar-refractivity contribution in [1.82, 2.24) is 10.2 Å². The van der Waals surface area contributed by atoms with Gasteiger partial charge in [-0.2, -0.15) is 0 Å². The van der Waals surface area contributed by atoms with E-state index in [0.717, 1.165) is 53.3 Å². The van der Waals surface area contributed by atoms with Gasteiger partial charge in [0.2, 0.25) is 0 Å². The van der Waals surface area contributed by atoms with E-state index in [9.17, 15) is 9.59 Å². The molecule has 1 N–H and O–H groups in total. The summed E-state index contributed by atoms with van der Waals surface area (Å²) in [6.45, 7) is 8.55. The van der Waals surface area contributed by atoms with Crippen molar-refractivity contribution in [2.24, 2.45) is 0 Å². The predicted octanol–water partition coefficient (Wildman–Crippen LogP) is 6.35. The molecule has 2 aliphatic rings. The molecule has 7 nitrogen and oxygen atoms in total. The molecule has 3 aromatic rings. The normalized spacial score (nSPS) is 18.1. The lowest BCUT2D eigenvalue weighted by Crippen LogP contribution is -2.42. The molecule has 1 aliphatic carbocycles.